The fourth-order valence-corrected chi connectivity index (χ4v) is 6.74. The lowest BCUT2D eigenvalue weighted by atomic mass is 9.92. The van der Waals surface area contributed by atoms with Crippen molar-refractivity contribution in [3.8, 4) is 5.88 Å². The molecule has 0 bridgehead atoms. The van der Waals surface area contributed by atoms with Crippen molar-refractivity contribution in [1.82, 2.24) is 9.88 Å². The van der Waals surface area contributed by atoms with E-state index in [0.29, 0.717) is 27.3 Å². The number of rotatable bonds is 9. The van der Waals surface area contributed by atoms with E-state index >= 15 is 0 Å². The molecule has 4 aromatic rings. The van der Waals surface area contributed by atoms with Gasteiger partial charge in [0.05, 0.1) is 6.10 Å². The van der Waals surface area contributed by atoms with Gasteiger partial charge in [-0.1, -0.05) is 35.9 Å². The first-order chi connectivity index (χ1) is 19.4. The van der Waals surface area contributed by atoms with E-state index in [0.717, 1.165) is 67.7 Å². The number of nitrogens with zero attached hydrogens (tertiary/aromatic N) is 2. The summed E-state index contributed by atoms with van der Waals surface area (Å²) in [6.45, 7) is 3.60. The van der Waals surface area contributed by atoms with Gasteiger partial charge in [-0.25, -0.2) is 14.2 Å². The molecular formula is C31H30ClFN2O4S. The number of ether oxygens (including phenoxy) is 2. The number of piperidine rings is 1. The summed E-state index contributed by atoms with van der Waals surface area (Å²) in [5.41, 5.74) is 3.92. The molecule has 0 amide bonds. The number of fused-ring (bicyclic) bond motifs is 1. The Labute approximate surface area is 241 Å². The number of aromatic nitrogens is 1. The third-order valence-electron chi connectivity index (χ3n) is 7.86. The lowest BCUT2D eigenvalue weighted by Crippen LogP contribution is -2.33. The maximum absolute atomic E-state index is 14.1. The molecule has 2 aromatic heterocycles. The first kappa shape index (κ1) is 27.1. The highest BCUT2D eigenvalue weighted by molar-refractivity contribution is 7.21. The normalized spacial score (nSPS) is 18.1. The first-order valence-electron chi connectivity index (χ1n) is 13.6. The fourth-order valence-electron chi connectivity index (χ4n) is 5.51. The molecule has 0 radical (unpaired) electrons. The highest BCUT2D eigenvalue weighted by Gasteiger charge is 2.26. The zero-order chi connectivity index (χ0) is 27.6. The maximum Gasteiger partial charge on any atom is 0.345 e. The molecule has 208 valence electrons. The SMILES string of the molecule is O=C(O)c1cc2ccc(CN3CCC(c4cccc(OCc5ccc(Cl)cc5F)n4)CC3)c(CC3CCO3)c2s1. The predicted molar refractivity (Wildman–Crippen MR) is 154 cm³/mol. The van der Waals surface area contributed by atoms with E-state index in [9.17, 15) is 14.3 Å². The zero-order valence-corrected chi connectivity index (χ0v) is 23.5. The number of benzene rings is 2. The lowest BCUT2D eigenvalue weighted by molar-refractivity contribution is -0.0491. The number of thiophene rings is 1. The van der Waals surface area contributed by atoms with Gasteiger partial charge < -0.3 is 14.6 Å². The van der Waals surface area contributed by atoms with E-state index in [-0.39, 0.29) is 18.5 Å². The van der Waals surface area contributed by atoms with E-state index in [2.05, 4.69) is 17.0 Å². The molecular weight excluding hydrogens is 551 g/mol. The fraction of sp³-hybridized carbons (Fsp3) is 0.355. The van der Waals surface area contributed by atoms with Crippen molar-refractivity contribution in [2.24, 2.45) is 0 Å². The molecule has 2 fully saturated rings. The van der Waals surface area contributed by atoms with Crippen molar-refractivity contribution in [1.29, 1.82) is 0 Å². The van der Waals surface area contributed by atoms with Gasteiger partial charge in [-0.15, -0.1) is 11.3 Å². The molecule has 2 aliphatic heterocycles. The van der Waals surface area contributed by atoms with Crippen LogP contribution in [0.15, 0.2) is 54.6 Å². The van der Waals surface area contributed by atoms with Gasteiger partial charge in [0.15, 0.2) is 0 Å². The summed E-state index contributed by atoms with van der Waals surface area (Å²) in [4.78, 5) is 19.2. The number of carboxylic acids is 1. The summed E-state index contributed by atoms with van der Waals surface area (Å²) >= 11 is 7.21. The van der Waals surface area contributed by atoms with Crippen LogP contribution in [0.1, 0.15) is 57.2 Å². The molecule has 40 heavy (non-hydrogen) atoms. The molecule has 0 spiro atoms. The van der Waals surface area contributed by atoms with Crippen LogP contribution in [0, 0.1) is 5.82 Å². The van der Waals surface area contributed by atoms with Crippen molar-refractivity contribution in [3.05, 3.63) is 92.7 Å². The number of carboxylic acid groups (broad SMARTS) is 1. The third kappa shape index (κ3) is 6.00. The molecule has 2 saturated heterocycles. The van der Waals surface area contributed by atoms with Crippen LogP contribution in [-0.2, 0) is 24.3 Å². The van der Waals surface area contributed by atoms with Crippen molar-refractivity contribution in [3.63, 3.8) is 0 Å². The number of carbonyl (C=O) groups is 1. The van der Waals surface area contributed by atoms with Gasteiger partial charge in [-0.3, -0.25) is 4.90 Å². The Morgan fingerprint density at radius 1 is 1.12 bits per heavy atom. The topological polar surface area (TPSA) is 71.9 Å². The van der Waals surface area contributed by atoms with Gasteiger partial charge in [0.2, 0.25) is 5.88 Å². The van der Waals surface area contributed by atoms with Gasteiger partial charge in [0, 0.05) is 52.5 Å². The standard InChI is InChI=1S/C31H30ClFN2O4S/c32-23-7-6-22(26(33)15-23)18-39-29-3-1-2-27(34-29)19-8-11-35(12-9-19)17-21-5-4-20-14-28(31(36)37)40-30(20)25(21)16-24-10-13-38-24/h1-7,14-15,19,24H,8-13,16-18H2,(H,36,37). The van der Waals surface area contributed by atoms with Crippen LogP contribution in [0.25, 0.3) is 10.1 Å². The minimum atomic E-state index is -0.879. The summed E-state index contributed by atoms with van der Waals surface area (Å²) in [5.74, 6) is -0.453. The summed E-state index contributed by atoms with van der Waals surface area (Å²) in [5, 5.41) is 10.9. The third-order valence-corrected chi connectivity index (χ3v) is 9.29. The zero-order valence-electron chi connectivity index (χ0n) is 21.9. The van der Waals surface area contributed by atoms with Crippen LogP contribution in [0.5, 0.6) is 5.88 Å². The molecule has 0 aliphatic carbocycles. The summed E-state index contributed by atoms with van der Waals surface area (Å²) in [6.07, 6.45) is 4.03. The lowest BCUT2D eigenvalue weighted by Gasteiger charge is -2.33. The Balaban J connectivity index is 1.11. The van der Waals surface area contributed by atoms with Gasteiger partial charge >= 0.3 is 5.97 Å². The summed E-state index contributed by atoms with van der Waals surface area (Å²) in [6, 6.07) is 16.3. The van der Waals surface area contributed by atoms with Crippen molar-refractivity contribution < 1.29 is 23.8 Å². The molecule has 1 unspecified atom stereocenters. The molecule has 6 nitrogen and oxygen atoms in total. The van der Waals surface area contributed by atoms with E-state index in [1.807, 2.05) is 12.1 Å². The van der Waals surface area contributed by atoms with Crippen molar-refractivity contribution >= 4 is 39.0 Å². The van der Waals surface area contributed by atoms with Crippen molar-refractivity contribution in [2.75, 3.05) is 19.7 Å². The molecule has 0 saturated carbocycles. The van der Waals surface area contributed by atoms with E-state index in [1.165, 1.54) is 28.5 Å². The second-order valence-electron chi connectivity index (χ2n) is 10.5. The first-order valence-corrected chi connectivity index (χ1v) is 14.8. The van der Waals surface area contributed by atoms with Crippen LogP contribution in [0.2, 0.25) is 5.02 Å². The molecule has 1 atom stereocenters. The van der Waals surface area contributed by atoms with Crippen molar-refractivity contribution in [2.45, 2.75) is 50.9 Å². The average Bonchev–Trinajstić information content (AvgIpc) is 3.37. The number of pyridine rings is 1. The summed E-state index contributed by atoms with van der Waals surface area (Å²) in [7, 11) is 0. The van der Waals surface area contributed by atoms with Gasteiger partial charge in [-0.2, -0.15) is 0 Å². The van der Waals surface area contributed by atoms with Crippen LogP contribution >= 0.6 is 22.9 Å². The number of halogens is 2. The van der Waals surface area contributed by atoms with Gasteiger partial charge in [0.1, 0.15) is 17.3 Å². The van der Waals surface area contributed by atoms with Gasteiger partial charge in [0.25, 0.3) is 0 Å². The minimum absolute atomic E-state index is 0.0919. The Kier molecular flexibility index (Phi) is 8.03. The van der Waals surface area contributed by atoms with E-state index < -0.39 is 5.97 Å². The summed E-state index contributed by atoms with van der Waals surface area (Å²) < 4.78 is 26.7. The Hall–Kier alpha value is -3.04. The number of hydrogen-bond donors (Lipinski definition) is 1. The Morgan fingerprint density at radius 3 is 2.65 bits per heavy atom. The van der Waals surface area contributed by atoms with Crippen LogP contribution in [0.3, 0.4) is 0 Å². The molecule has 2 aromatic carbocycles. The molecule has 4 heterocycles. The molecule has 2 aliphatic rings. The Bertz CT molecular complexity index is 1530. The second kappa shape index (κ2) is 11.8. The van der Waals surface area contributed by atoms with Gasteiger partial charge in [-0.05, 0) is 73.1 Å². The molecule has 6 rings (SSSR count). The largest absolute Gasteiger partial charge is 0.477 e. The van der Waals surface area contributed by atoms with E-state index in [4.69, 9.17) is 26.1 Å². The smallest absolute Gasteiger partial charge is 0.345 e. The average molecular weight is 581 g/mol. The Morgan fingerprint density at radius 2 is 1.93 bits per heavy atom. The second-order valence-corrected chi connectivity index (χ2v) is 12.0. The number of likely N-dealkylation sites (tertiary alicyclic amines) is 1. The number of aromatic carboxylic acids is 1. The molecule has 9 heteroatoms. The molecule has 1 N–H and O–H groups in total. The monoisotopic (exact) mass is 580 g/mol. The quantitative estimate of drug-likeness (QED) is 0.228. The highest BCUT2D eigenvalue weighted by atomic mass is 35.5. The minimum Gasteiger partial charge on any atom is -0.477 e. The van der Waals surface area contributed by atoms with Crippen LogP contribution < -0.4 is 4.74 Å². The predicted octanol–water partition coefficient (Wildman–Crippen LogP) is 7.08. The number of hydrogen-bond acceptors (Lipinski definition) is 6. The van der Waals surface area contributed by atoms with E-state index in [1.54, 1.807) is 24.3 Å². The van der Waals surface area contributed by atoms with Crippen LogP contribution in [0.4, 0.5) is 4.39 Å². The maximum atomic E-state index is 14.1. The van der Waals surface area contributed by atoms with Crippen LogP contribution in [-0.4, -0.2) is 46.8 Å². The highest BCUT2D eigenvalue weighted by Crippen LogP contribution is 2.35.